The van der Waals surface area contributed by atoms with Crippen LogP contribution in [0.3, 0.4) is 0 Å². The molecule has 106 valence electrons. The quantitative estimate of drug-likeness (QED) is 0.664. The maximum atomic E-state index is 12.2. The van der Waals surface area contributed by atoms with Crippen LogP contribution in [-0.4, -0.2) is 19.3 Å². The number of benzene rings is 1. The first-order chi connectivity index (χ1) is 8.81. The van der Waals surface area contributed by atoms with Crippen LogP contribution in [0.2, 0.25) is 0 Å². The number of anilines is 1. The van der Waals surface area contributed by atoms with Crippen molar-refractivity contribution < 1.29 is 22.7 Å². The number of methoxy groups -OCH3 is 1. The van der Waals surface area contributed by atoms with Gasteiger partial charge in [0, 0.05) is 12.1 Å². The smallest absolute Gasteiger partial charge is 0.389 e. The second-order valence-electron chi connectivity index (χ2n) is 4.32. The van der Waals surface area contributed by atoms with Gasteiger partial charge in [-0.1, -0.05) is 12.1 Å². The third-order valence-corrected chi connectivity index (χ3v) is 2.74. The Morgan fingerprint density at radius 1 is 1.42 bits per heavy atom. The van der Waals surface area contributed by atoms with Crippen LogP contribution in [0.25, 0.3) is 0 Å². The van der Waals surface area contributed by atoms with Crippen molar-refractivity contribution in [3.05, 3.63) is 29.8 Å². The molecule has 0 spiro atoms. The minimum atomic E-state index is -4.28. The highest BCUT2D eigenvalue weighted by molar-refractivity contribution is 5.72. The Morgan fingerprint density at radius 2 is 2.11 bits per heavy atom. The van der Waals surface area contributed by atoms with Crippen LogP contribution in [0.5, 0.6) is 0 Å². The fourth-order valence-corrected chi connectivity index (χ4v) is 1.81. The van der Waals surface area contributed by atoms with Crippen molar-refractivity contribution in [2.24, 2.45) is 5.92 Å². The largest absolute Gasteiger partial charge is 0.469 e. The van der Waals surface area contributed by atoms with Gasteiger partial charge in [-0.15, -0.1) is 0 Å². The second-order valence-corrected chi connectivity index (χ2v) is 4.32. The maximum Gasteiger partial charge on any atom is 0.389 e. The SMILES string of the molecule is COC(=O)[C@H](CCC(F)(F)F)Cc1cccc(N)c1. The van der Waals surface area contributed by atoms with Gasteiger partial charge in [0.1, 0.15) is 0 Å². The average molecular weight is 275 g/mol. The maximum absolute atomic E-state index is 12.2. The van der Waals surface area contributed by atoms with Crippen LogP contribution in [0.4, 0.5) is 18.9 Å². The van der Waals surface area contributed by atoms with E-state index in [1.165, 1.54) is 7.11 Å². The minimum absolute atomic E-state index is 0.188. The number of carbonyl (C=O) groups is 1. The molecule has 1 aromatic rings. The van der Waals surface area contributed by atoms with Crippen molar-refractivity contribution in [2.75, 3.05) is 12.8 Å². The summed E-state index contributed by atoms with van der Waals surface area (Å²) in [6, 6.07) is 6.73. The summed E-state index contributed by atoms with van der Waals surface area (Å²) in [4.78, 5) is 11.5. The predicted octanol–water partition coefficient (Wildman–Crippen LogP) is 2.94. The molecule has 19 heavy (non-hydrogen) atoms. The lowest BCUT2D eigenvalue weighted by atomic mass is 9.94. The number of hydrogen-bond acceptors (Lipinski definition) is 3. The topological polar surface area (TPSA) is 52.3 Å². The highest BCUT2D eigenvalue weighted by atomic mass is 19.4. The predicted molar refractivity (Wildman–Crippen MR) is 65.4 cm³/mol. The van der Waals surface area contributed by atoms with E-state index < -0.39 is 24.5 Å². The van der Waals surface area contributed by atoms with E-state index in [0.717, 1.165) is 5.56 Å². The molecule has 1 atom stereocenters. The fourth-order valence-electron chi connectivity index (χ4n) is 1.81. The highest BCUT2D eigenvalue weighted by Crippen LogP contribution is 2.26. The molecule has 6 heteroatoms. The zero-order valence-electron chi connectivity index (χ0n) is 10.5. The Balaban J connectivity index is 2.72. The van der Waals surface area contributed by atoms with Crippen molar-refractivity contribution in [2.45, 2.75) is 25.4 Å². The Labute approximate surface area is 109 Å². The number of rotatable bonds is 5. The summed E-state index contributed by atoms with van der Waals surface area (Å²) < 4.78 is 41.2. The number of nitrogen functional groups attached to an aromatic ring is 1. The molecule has 0 aliphatic heterocycles. The summed E-state index contributed by atoms with van der Waals surface area (Å²) in [6.45, 7) is 0. The zero-order chi connectivity index (χ0) is 14.5. The van der Waals surface area contributed by atoms with E-state index in [1.54, 1.807) is 24.3 Å². The molecule has 1 aromatic carbocycles. The van der Waals surface area contributed by atoms with Crippen molar-refractivity contribution in [1.29, 1.82) is 0 Å². The summed E-state index contributed by atoms with van der Waals surface area (Å²) in [5.41, 5.74) is 6.82. The Hall–Kier alpha value is -1.72. The van der Waals surface area contributed by atoms with Gasteiger partial charge < -0.3 is 10.5 Å². The molecule has 0 aliphatic rings. The summed E-state index contributed by atoms with van der Waals surface area (Å²) in [6.07, 6.45) is -5.38. The summed E-state index contributed by atoms with van der Waals surface area (Å²) in [5, 5.41) is 0. The normalized spacial score (nSPS) is 13.1. The van der Waals surface area contributed by atoms with Crippen LogP contribution in [-0.2, 0) is 16.0 Å². The molecule has 0 saturated carbocycles. The number of nitrogens with two attached hydrogens (primary N) is 1. The Bertz CT molecular complexity index is 432. The number of halogens is 3. The zero-order valence-corrected chi connectivity index (χ0v) is 10.5. The molecule has 2 N–H and O–H groups in total. The number of hydrogen-bond donors (Lipinski definition) is 1. The van der Waals surface area contributed by atoms with E-state index in [4.69, 9.17) is 5.73 Å². The molecule has 0 unspecified atom stereocenters. The minimum Gasteiger partial charge on any atom is -0.469 e. The molecule has 0 fully saturated rings. The highest BCUT2D eigenvalue weighted by Gasteiger charge is 2.31. The summed E-state index contributed by atoms with van der Waals surface area (Å²) in [5.74, 6) is -1.44. The van der Waals surface area contributed by atoms with Crippen molar-refractivity contribution in [3.8, 4) is 0 Å². The third-order valence-electron chi connectivity index (χ3n) is 2.74. The summed E-state index contributed by atoms with van der Waals surface area (Å²) in [7, 11) is 1.17. The standard InChI is InChI=1S/C13H16F3NO2/c1-19-12(18)10(5-6-13(14,15)16)7-9-3-2-4-11(17)8-9/h2-4,8,10H,5-7,17H2,1H3/t10-/m1/s1. The molecule has 0 amide bonds. The van der Waals surface area contributed by atoms with Gasteiger partial charge in [0.2, 0.25) is 0 Å². The lowest BCUT2D eigenvalue weighted by Crippen LogP contribution is -2.21. The van der Waals surface area contributed by atoms with E-state index in [2.05, 4.69) is 4.74 Å². The van der Waals surface area contributed by atoms with Crippen LogP contribution in [0.1, 0.15) is 18.4 Å². The molecule has 0 radical (unpaired) electrons. The van der Waals surface area contributed by atoms with Crippen molar-refractivity contribution in [3.63, 3.8) is 0 Å². The lowest BCUT2D eigenvalue weighted by molar-refractivity contribution is -0.151. The molecule has 0 aromatic heterocycles. The van der Waals surface area contributed by atoms with Gasteiger partial charge in [-0.2, -0.15) is 13.2 Å². The number of alkyl halides is 3. The molecular weight excluding hydrogens is 259 g/mol. The van der Waals surface area contributed by atoms with Gasteiger partial charge >= 0.3 is 12.1 Å². The van der Waals surface area contributed by atoms with Crippen LogP contribution in [0.15, 0.2) is 24.3 Å². The molecule has 0 aliphatic carbocycles. The van der Waals surface area contributed by atoms with Crippen LogP contribution < -0.4 is 5.73 Å². The van der Waals surface area contributed by atoms with Gasteiger partial charge in [-0.25, -0.2) is 0 Å². The first-order valence-electron chi connectivity index (χ1n) is 5.81. The van der Waals surface area contributed by atoms with Gasteiger partial charge in [-0.05, 0) is 30.5 Å². The van der Waals surface area contributed by atoms with E-state index in [9.17, 15) is 18.0 Å². The first kappa shape index (κ1) is 15.3. The number of esters is 1. The van der Waals surface area contributed by atoms with Crippen LogP contribution >= 0.6 is 0 Å². The second kappa shape index (κ2) is 6.45. The first-order valence-corrected chi connectivity index (χ1v) is 5.81. The van der Waals surface area contributed by atoms with Crippen molar-refractivity contribution in [1.82, 2.24) is 0 Å². The average Bonchev–Trinajstić information content (AvgIpc) is 2.32. The summed E-state index contributed by atoms with van der Waals surface area (Å²) >= 11 is 0. The van der Waals surface area contributed by atoms with Crippen LogP contribution in [0, 0.1) is 5.92 Å². The van der Waals surface area contributed by atoms with E-state index >= 15 is 0 Å². The number of carbonyl (C=O) groups excluding carboxylic acids is 1. The third kappa shape index (κ3) is 5.63. The Kier molecular flexibility index (Phi) is 5.20. The van der Waals surface area contributed by atoms with Gasteiger partial charge in [0.05, 0.1) is 13.0 Å². The molecule has 0 bridgehead atoms. The van der Waals surface area contributed by atoms with Gasteiger partial charge in [-0.3, -0.25) is 4.79 Å². The lowest BCUT2D eigenvalue weighted by Gasteiger charge is -2.16. The van der Waals surface area contributed by atoms with E-state index in [1.807, 2.05) is 0 Å². The molecule has 0 heterocycles. The van der Waals surface area contributed by atoms with E-state index in [-0.39, 0.29) is 12.8 Å². The van der Waals surface area contributed by atoms with Gasteiger partial charge in [0.25, 0.3) is 0 Å². The van der Waals surface area contributed by atoms with Crippen molar-refractivity contribution >= 4 is 11.7 Å². The Morgan fingerprint density at radius 3 is 2.63 bits per heavy atom. The van der Waals surface area contributed by atoms with E-state index in [0.29, 0.717) is 5.69 Å². The molecule has 3 nitrogen and oxygen atoms in total. The fraction of sp³-hybridized carbons (Fsp3) is 0.462. The molecule has 1 rings (SSSR count). The molecular formula is C13H16F3NO2. The number of ether oxygens (including phenoxy) is 1. The molecule has 0 saturated heterocycles. The van der Waals surface area contributed by atoms with Gasteiger partial charge in [0.15, 0.2) is 0 Å². The monoisotopic (exact) mass is 275 g/mol.